The molecular formula is C18H24N4O2S. The maximum Gasteiger partial charge on any atom is 0.280 e. The standard InChI is InChI=1S/C18H24N4O2S/c1-12(2)15-11-25-18(21-15)17(24)20-14-5-7-22(10-16(14)23)9-13-4-3-6-19-8-13/h3-4,6,8,11-12,14,16,23H,5,7,9-10H2,1-2H3,(H,20,24)/t14-,16-/m1/s1. The van der Waals surface area contributed by atoms with Crippen molar-refractivity contribution < 1.29 is 9.90 Å². The average molecular weight is 360 g/mol. The van der Waals surface area contributed by atoms with Crippen molar-refractivity contribution >= 4 is 17.2 Å². The Morgan fingerprint density at radius 1 is 1.52 bits per heavy atom. The van der Waals surface area contributed by atoms with Gasteiger partial charge in [-0.15, -0.1) is 11.3 Å². The molecule has 2 N–H and O–H groups in total. The number of pyridine rings is 1. The third-order valence-corrected chi connectivity index (χ3v) is 5.28. The van der Waals surface area contributed by atoms with Crippen LogP contribution in [0.5, 0.6) is 0 Å². The van der Waals surface area contributed by atoms with Crippen LogP contribution in [-0.4, -0.2) is 51.1 Å². The fraction of sp³-hybridized carbons (Fsp3) is 0.500. The Hall–Kier alpha value is -1.83. The van der Waals surface area contributed by atoms with E-state index in [-0.39, 0.29) is 11.9 Å². The van der Waals surface area contributed by atoms with E-state index in [0.29, 0.717) is 17.5 Å². The van der Waals surface area contributed by atoms with Crippen LogP contribution >= 0.6 is 11.3 Å². The highest BCUT2D eigenvalue weighted by atomic mass is 32.1. The molecule has 2 atom stereocenters. The van der Waals surface area contributed by atoms with Crippen molar-refractivity contribution in [2.24, 2.45) is 0 Å². The van der Waals surface area contributed by atoms with E-state index in [1.807, 2.05) is 23.7 Å². The molecule has 1 aliphatic heterocycles. The van der Waals surface area contributed by atoms with Crippen molar-refractivity contribution in [2.75, 3.05) is 13.1 Å². The number of rotatable bonds is 5. The fourth-order valence-corrected chi connectivity index (χ4v) is 3.83. The fourth-order valence-electron chi connectivity index (χ4n) is 2.94. The number of carbonyl (C=O) groups is 1. The first-order chi connectivity index (χ1) is 12.0. The van der Waals surface area contributed by atoms with Crippen molar-refractivity contribution in [2.45, 2.75) is 44.9 Å². The number of nitrogens with one attached hydrogen (secondary N) is 1. The number of aliphatic hydroxyl groups excluding tert-OH is 1. The van der Waals surface area contributed by atoms with E-state index in [1.165, 1.54) is 11.3 Å². The van der Waals surface area contributed by atoms with Crippen LogP contribution in [0.4, 0.5) is 0 Å². The van der Waals surface area contributed by atoms with Gasteiger partial charge in [0.15, 0.2) is 5.01 Å². The molecule has 3 heterocycles. The molecule has 0 radical (unpaired) electrons. The Morgan fingerprint density at radius 2 is 2.36 bits per heavy atom. The Balaban J connectivity index is 1.53. The number of aliphatic hydroxyl groups is 1. The molecule has 0 bridgehead atoms. The summed E-state index contributed by atoms with van der Waals surface area (Å²) in [6.45, 7) is 6.23. The number of hydrogen-bond donors (Lipinski definition) is 2. The molecule has 3 rings (SSSR count). The second-order valence-corrected chi connectivity index (χ2v) is 7.62. The molecule has 7 heteroatoms. The minimum Gasteiger partial charge on any atom is -0.390 e. The summed E-state index contributed by atoms with van der Waals surface area (Å²) in [6.07, 6.45) is 3.73. The van der Waals surface area contributed by atoms with Gasteiger partial charge in [0.25, 0.3) is 5.91 Å². The van der Waals surface area contributed by atoms with E-state index in [0.717, 1.165) is 30.8 Å². The molecule has 0 aliphatic carbocycles. The molecule has 0 unspecified atom stereocenters. The number of piperidine rings is 1. The van der Waals surface area contributed by atoms with Crippen LogP contribution in [0.1, 0.15) is 47.2 Å². The summed E-state index contributed by atoms with van der Waals surface area (Å²) in [5.74, 6) is 0.112. The zero-order valence-electron chi connectivity index (χ0n) is 14.6. The van der Waals surface area contributed by atoms with E-state index in [4.69, 9.17) is 0 Å². The van der Waals surface area contributed by atoms with Crippen molar-refractivity contribution in [1.29, 1.82) is 0 Å². The van der Waals surface area contributed by atoms with Crippen molar-refractivity contribution in [3.63, 3.8) is 0 Å². The van der Waals surface area contributed by atoms with Gasteiger partial charge in [-0.1, -0.05) is 19.9 Å². The first-order valence-corrected chi connectivity index (χ1v) is 9.46. The first-order valence-electron chi connectivity index (χ1n) is 8.58. The first kappa shape index (κ1) is 18.0. The summed E-state index contributed by atoms with van der Waals surface area (Å²) < 4.78 is 0. The highest BCUT2D eigenvalue weighted by Crippen LogP contribution is 2.19. The lowest BCUT2D eigenvalue weighted by atomic mass is 10.0. The summed E-state index contributed by atoms with van der Waals surface area (Å²) in [5.41, 5.74) is 2.06. The zero-order chi connectivity index (χ0) is 17.8. The van der Waals surface area contributed by atoms with Crippen LogP contribution in [0, 0.1) is 0 Å². The minimum absolute atomic E-state index is 0.193. The molecule has 25 heavy (non-hydrogen) atoms. The molecule has 0 aromatic carbocycles. The summed E-state index contributed by atoms with van der Waals surface area (Å²) in [4.78, 5) is 23.1. The van der Waals surface area contributed by atoms with Crippen molar-refractivity contribution in [1.82, 2.24) is 20.2 Å². The topological polar surface area (TPSA) is 78.4 Å². The van der Waals surface area contributed by atoms with Gasteiger partial charge in [-0.25, -0.2) is 4.98 Å². The van der Waals surface area contributed by atoms with E-state index in [9.17, 15) is 9.90 Å². The molecule has 0 saturated carbocycles. The monoisotopic (exact) mass is 360 g/mol. The smallest absolute Gasteiger partial charge is 0.280 e. The molecular weight excluding hydrogens is 336 g/mol. The van der Waals surface area contributed by atoms with E-state index in [1.54, 1.807) is 6.20 Å². The molecule has 1 fully saturated rings. The van der Waals surface area contributed by atoms with E-state index in [2.05, 4.69) is 34.0 Å². The molecule has 6 nitrogen and oxygen atoms in total. The predicted octanol–water partition coefficient (Wildman–Crippen LogP) is 2.03. The Labute approximate surface area is 151 Å². The van der Waals surface area contributed by atoms with Gasteiger partial charge < -0.3 is 10.4 Å². The molecule has 2 aromatic heterocycles. The van der Waals surface area contributed by atoms with Crippen LogP contribution < -0.4 is 5.32 Å². The van der Waals surface area contributed by atoms with Crippen LogP contribution in [0.2, 0.25) is 0 Å². The van der Waals surface area contributed by atoms with E-state index < -0.39 is 6.10 Å². The number of carbonyl (C=O) groups excluding carboxylic acids is 1. The molecule has 1 amide bonds. The van der Waals surface area contributed by atoms with Crippen LogP contribution in [0.15, 0.2) is 29.9 Å². The van der Waals surface area contributed by atoms with Crippen LogP contribution in [-0.2, 0) is 6.54 Å². The number of aromatic nitrogens is 2. The average Bonchev–Trinajstić information content (AvgIpc) is 3.09. The Morgan fingerprint density at radius 3 is 3.00 bits per heavy atom. The number of amides is 1. The molecule has 0 spiro atoms. The third-order valence-electron chi connectivity index (χ3n) is 4.42. The Bertz CT molecular complexity index is 704. The maximum absolute atomic E-state index is 12.4. The lowest BCUT2D eigenvalue weighted by Gasteiger charge is -2.36. The number of thiazole rings is 1. The zero-order valence-corrected chi connectivity index (χ0v) is 15.4. The van der Waals surface area contributed by atoms with Gasteiger partial charge in [0.2, 0.25) is 0 Å². The van der Waals surface area contributed by atoms with Crippen LogP contribution in [0.3, 0.4) is 0 Å². The summed E-state index contributed by atoms with van der Waals surface area (Å²) in [7, 11) is 0. The van der Waals surface area contributed by atoms with Crippen molar-refractivity contribution in [3.8, 4) is 0 Å². The second kappa shape index (κ2) is 8.03. The largest absolute Gasteiger partial charge is 0.390 e. The molecule has 2 aromatic rings. The maximum atomic E-state index is 12.4. The third kappa shape index (κ3) is 4.62. The van der Waals surface area contributed by atoms with Crippen LogP contribution in [0.25, 0.3) is 0 Å². The highest BCUT2D eigenvalue weighted by molar-refractivity contribution is 7.11. The summed E-state index contributed by atoms with van der Waals surface area (Å²) in [6, 6.07) is 3.71. The quantitative estimate of drug-likeness (QED) is 0.853. The van der Waals surface area contributed by atoms with Gasteiger partial charge in [0.1, 0.15) is 0 Å². The number of likely N-dealkylation sites (tertiary alicyclic amines) is 1. The van der Waals surface area contributed by atoms with E-state index >= 15 is 0 Å². The summed E-state index contributed by atoms with van der Waals surface area (Å²) in [5, 5.41) is 15.7. The van der Waals surface area contributed by atoms with Crippen molar-refractivity contribution in [3.05, 3.63) is 46.2 Å². The lowest BCUT2D eigenvalue weighted by Crippen LogP contribution is -2.53. The molecule has 1 saturated heterocycles. The second-order valence-electron chi connectivity index (χ2n) is 6.76. The normalized spacial score (nSPS) is 21.4. The van der Waals surface area contributed by atoms with Gasteiger partial charge in [-0.3, -0.25) is 14.7 Å². The lowest BCUT2D eigenvalue weighted by molar-refractivity contribution is 0.0349. The minimum atomic E-state index is -0.584. The van der Waals surface area contributed by atoms with Gasteiger partial charge >= 0.3 is 0 Å². The highest BCUT2D eigenvalue weighted by Gasteiger charge is 2.29. The summed E-state index contributed by atoms with van der Waals surface area (Å²) >= 11 is 1.36. The molecule has 1 aliphatic rings. The number of β-amino-alcohol motifs (C(OH)–C–C–N with tert-alkyl or cyclic N) is 1. The number of nitrogens with zero attached hydrogens (tertiary/aromatic N) is 3. The Kier molecular flexibility index (Phi) is 5.78. The predicted molar refractivity (Wildman–Crippen MR) is 97.6 cm³/mol. The molecule has 134 valence electrons. The van der Waals surface area contributed by atoms with Gasteiger partial charge in [0.05, 0.1) is 17.8 Å². The van der Waals surface area contributed by atoms with Gasteiger partial charge in [0, 0.05) is 37.4 Å². The van der Waals surface area contributed by atoms with Gasteiger partial charge in [-0.2, -0.15) is 0 Å². The number of hydrogen-bond acceptors (Lipinski definition) is 6. The van der Waals surface area contributed by atoms with Gasteiger partial charge in [-0.05, 0) is 24.0 Å². The SMILES string of the molecule is CC(C)c1csc(C(=O)N[C@@H]2CCN(Cc3cccnc3)C[C@H]2O)n1.